The second-order valence-corrected chi connectivity index (χ2v) is 11.4. The van der Waals surface area contributed by atoms with Gasteiger partial charge in [0.1, 0.15) is 6.61 Å². The maximum Gasteiger partial charge on any atom is 0.393 e. The smallest absolute Gasteiger partial charge is 0.281 e. The van der Waals surface area contributed by atoms with Crippen LogP contribution in [0.3, 0.4) is 0 Å². The molecule has 0 aliphatic rings. The first-order chi connectivity index (χ1) is 14.5. The maximum absolute atomic E-state index is 13.3. The Balaban J connectivity index is 1.90. The van der Waals surface area contributed by atoms with Crippen molar-refractivity contribution in [3.05, 3.63) is 84.9 Å². The molecule has 0 aliphatic heterocycles. The lowest BCUT2D eigenvalue weighted by Gasteiger charge is -2.13. The van der Waals surface area contributed by atoms with E-state index in [1.54, 1.807) is 12.1 Å². The van der Waals surface area contributed by atoms with Crippen LogP contribution in [0, 0.1) is 0 Å². The quantitative estimate of drug-likeness (QED) is 0.293. The molecule has 3 rings (SSSR count). The van der Waals surface area contributed by atoms with Gasteiger partial charge in [0.2, 0.25) is 0 Å². The summed E-state index contributed by atoms with van der Waals surface area (Å²) in [4.78, 5) is 2.34. The zero-order chi connectivity index (χ0) is 22.7. The number of alkyl halides is 2. The molecule has 0 radical (unpaired) electrons. The van der Waals surface area contributed by atoms with Crippen molar-refractivity contribution in [3.63, 3.8) is 0 Å². The first kappa shape index (κ1) is 23.4. The van der Waals surface area contributed by atoms with Crippen molar-refractivity contribution >= 4 is 31.1 Å². The molecule has 0 spiro atoms. The molecule has 0 aromatic heterocycles. The van der Waals surface area contributed by atoms with Gasteiger partial charge in [-0.05, 0) is 48.5 Å². The highest BCUT2D eigenvalue weighted by Crippen LogP contribution is 2.32. The Bertz CT molecular complexity index is 1190. The van der Waals surface area contributed by atoms with Crippen molar-refractivity contribution in [2.24, 2.45) is 0 Å². The fourth-order valence-corrected chi connectivity index (χ4v) is 5.83. The fourth-order valence-electron chi connectivity index (χ4n) is 2.55. The molecule has 3 aromatic rings. The van der Waals surface area contributed by atoms with Gasteiger partial charge in [0, 0.05) is 0 Å². The molecule has 0 heterocycles. The van der Waals surface area contributed by atoms with Gasteiger partial charge in [-0.2, -0.15) is 25.6 Å². The fraction of sp³-hybridized carbons (Fsp3) is 0.100. The molecule has 0 atom stereocenters. The predicted octanol–water partition coefficient (Wildman–Crippen LogP) is 3.97. The van der Waals surface area contributed by atoms with Gasteiger partial charge in [0.15, 0.2) is 14.7 Å². The van der Waals surface area contributed by atoms with E-state index >= 15 is 0 Å². The van der Waals surface area contributed by atoms with Gasteiger partial charge in [-0.3, -0.25) is 8.74 Å². The van der Waals surface area contributed by atoms with E-state index in [4.69, 9.17) is 4.55 Å². The summed E-state index contributed by atoms with van der Waals surface area (Å²) < 4.78 is 84.9. The Morgan fingerprint density at radius 2 is 1.16 bits per heavy atom. The summed E-state index contributed by atoms with van der Waals surface area (Å²) in [5.41, 5.74) is 0. The van der Waals surface area contributed by atoms with Crippen molar-refractivity contribution in [1.29, 1.82) is 0 Å². The summed E-state index contributed by atoms with van der Waals surface area (Å²) in [7, 11) is -11.0. The highest BCUT2D eigenvalue weighted by atomic mass is 32.2. The average Bonchev–Trinajstić information content (AvgIpc) is 2.74. The van der Waals surface area contributed by atoms with Gasteiger partial charge in [-0.25, -0.2) is 0 Å². The largest absolute Gasteiger partial charge is 0.393 e. The van der Waals surface area contributed by atoms with Crippen LogP contribution < -0.4 is 0 Å². The van der Waals surface area contributed by atoms with Gasteiger partial charge in [0.25, 0.3) is 10.1 Å². The minimum absolute atomic E-state index is 0.424. The Morgan fingerprint density at radius 1 is 0.742 bits per heavy atom. The van der Waals surface area contributed by atoms with Gasteiger partial charge in [-0.1, -0.05) is 36.4 Å². The highest BCUT2D eigenvalue weighted by molar-refractivity contribution is 7.97. The summed E-state index contributed by atoms with van der Waals surface area (Å²) in [6, 6.07) is 24.6. The molecule has 3 aromatic carbocycles. The summed E-state index contributed by atoms with van der Waals surface area (Å²) in [6.45, 7) is -2.03. The lowest BCUT2D eigenvalue weighted by atomic mass is 10.4. The second kappa shape index (κ2) is 9.05. The maximum atomic E-state index is 13.3. The first-order valence-corrected chi connectivity index (χ1v) is 12.8. The summed E-state index contributed by atoms with van der Waals surface area (Å²) in [5, 5.41) is -4.76. The van der Waals surface area contributed by atoms with Crippen LogP contribution in [-0.2, 0) is 35.3 Å². The van der Waals surface area contributed by atoms with Crippen LogP contribution in [0.15, 0.2) is 105 Å². The molecule has 0 unspecified atom stereocenters. The first-order valence-electron chi connectivity index (χ1n) is 8.70. The number of hydrogen-bond donors (Lipinski definition) is 1. The van der Waals surface area contributed by atoms with Gasteiger partial charge in [-0.15, -0.1) is 0 Å². The van der Waals surface area contributed by atoms with Crippen molar-refractivity contribution < 1.29 is 34.4 Å². The normalized spacial score (nSPS) is 12.8. The zero-order valence-corrected chi connectivity index (χ0v) is 18.2. The molecule has 0 amide bonds. The standard InChI is InChI=1S/C20H16F2O6S3/c21-20(22,31(25,26)27)15-28-30(23,24)19-13-11-18(12-14-19)29(16-7-3-1-4-8-16)17-9-5-2-6-10-17/h1-14H,15H2/p+1. The van der Waals surface area contributed by atoms with Crippen LogP contribution in [0.1, 0.15) is 0 Å². The molecule has 1 N–H and O–H groups in total. The third-order valence-electron chi connectivity index (χ3n) is 4.07. The Kier molecular flexibility index (Phi) is 6.82. The van der Waals surface area contributed by atoms with Crippen molar-refractivity contribution in [2.75, 3.05) is 6.61 Å². The van der Waals surface area contributed by atoms with E-state index in [2.05, 4.69) is 4.18 Å². The van der Waals surface area contributed by atoms with Crippen molar-refractivity contribution in [2.45, 2.75) is 24.8 Å². The van der Waals surface area contributed by atoms with E-state index in [0.717, 1.165) is 14.7 Å². The molecular formula is C20H17F2O6S3+. The van der Waals surface area contributed by atoms with Gasteiger partial charge in [0.05, 0.1) is 15.8 Å². The molecule has 0 saturated carbocycles. The Labute approximate surface area is 181 Å². The van der Waals surface area contributed by atoms with E-state index in [1.807, 2.05) is 60.7 Å². The van der Waals surface area contributed by atoms with E-state index < -0.39 is 47.9 Å². The number of halogens is 2. The number of hydrogen-bond acceptors (Lipinski definition) is 5. The van der Waals surface area contributed by atoms with Crippen LogP contribution in [-0.4, -0.2) is 33.2 Å². The molecule has 11 heteroatoms. The SMILES string of the molecule is O=S(=O)(OCC(F)(F)S(=O)(=O)O)c1ccc([S+](c2ccccc2)c2ccccc2)cc1. The van der Waals surface area contributed by atoms with Gasteiger partial charge < -0.3 is 0 Å². The van der Waals surface area contributed by atoms with Crippen LogP contribution in [0.25, 0.3) is 0 Å². The van der Waals surface area contributed by atoms with Crippen LogP contribution in [0.2, 0.25) is 0 Å². The summed E-state index contributed by atoms with van der Waals surface area (Å²) in [6.07, 6.45) is 0. The lowest BCUT2D eigenvalue weighted by molar-refractivity contribution is 0.0312. The molecule has 0 saturated heterocycles. The van der Waals surface area contributed by atoms with E-state index in [0.29, 0.717) is 0 Å². The van der Waals surface area contributed by atoms with E-state index in [1.165, 1.54) is 12.1 Å². The summed E-state index contributed by atoms with van der Waals surface area (Å²) >= 11 is 0. The van der Waals surface area contributed by atoms with Crippen LogP contribution in [0.5, 0.6) is 0 Å². The minimum Gasteiger partial charge on any atom is -0.281 e. The molecule has 0 fully saturated rings. The van der Waals surface area contributed by atoms with Gasteiger partial charge >= 0.3 is 15.4 Å². The van der Waals surface area contributed by atoms with Crippen LogP contribution >= 0.6 is 0 Å². The number of rotatable bonds is 8. The van der Waals surface area contributed by atoms with Crippen LogP contribution in [0.4, 0.5) is 8.78 Å². The predicted molar refractivity (Wildman–Crippen MR) is 111 cm³/mol. The van der Waals surface area contributed by atoms with Crippen molar-refractivity contribution in [3.8, 4) is 0 Å². The summed E-state index contributed by atoms with van der Waals surface area (Å²) in [5.74, 6) is 0. The molecule has 164 valence electrons. The second-order valence-electron chi connectivity index (χ2n) is 6.23. The molecular weight excluding hydrogens is 470 g/mol. The monoisotopic (exact) mass is 487 g/mol. The Hall–Kier alpha value is -2.31. The van der Waals surface area contributed by atoms with E-state index in [-0.39, 0.29) is 0 Å². The van der Waals surface area contributed by atoms with E-state index in [9.17, 15) is 25.6 Å². The third-order valence-corrected chi connectivity index (χ3v) is 8.45. The molecule has 0 aliphatic carbocycles. The average molecular weight is 488 g/mol. The minimum atomic E-state index is -5.81. The third kappa shape index (κ3) is 5.49. The molecule has 6 nitrogen and oxygen atoms in total. The highest BCUT2D eigenvalue weighted by Gasteiger charge is 2.46. The topological polar surface area (TPSA) is 97.7 Å². The zero-order valence-electron chi connectivity index (χ0n) is 15.8. The molecule has 0 bridgehead atoms. The Morgan fingerprint density at radius 3 is 1.58 bits per heavy atom. The molecule has 31 heavy (non-hydrogen) atoms. The lowest BCUT2D eigenvalue weighted by Crippen LogP contribution is -2.34. The van der Waals surface area contributed by atoms with Crippen molar-refractivity contribution in [1.82, 2.24) is 0 Å². The number of benzene rings is 3.